The van der Waals surface area contributed by atoms with Crippen molar-refractivity contribution in [3.8, 4) is 22.4 Å². The summed E-state index contributed by atoms with van der Waals surface area (Å²) in [6, 6.07) is 24.8. The smallest absolute Gasteiger partial charge is 0.267 e. The predicted octanol–water partition coefficient (Wildman–Crippen LogP) is 8.33. The molecule has 3 N–H and O–H groups in total. The minimum atomic E-state index is -0.249. The molecule has 7 heteroatoms. The van der Waals surface area contributed by atoms with Gasteiger partial charge in [0.15, 0.2) is 0 Å². The summed E-state index contributed by atoms with van der Waals surface area (Å²) < 4.78 is 0. The number of nitrogens with zero attached hydrogens (tertiary/aromatic N) is 1. The Kier molecular flexibility index (Phi) is 6.48. The van der Waals surface area contributed by atoms with Gasteiger partial charge < -0.3 is 11.1 Å². The largest absolute Gasteiger partial charge is 0.397 e. The van der Waals surface area contributed by atoms with E-state index < -0.39 is 0 Å². The molecule has 0 saturated carbocycles. The van der Waals surface area contributed by atoms with Gasteiger partial charge in [0.2, 0.25) is 0 Å². The second kappa shape index (κ2) is 9.70. The lowest BCUT2D eigenvalue weighted by atomic mass is 9.99. The van der Waals surface area contributed by atoms with Gasteiger partial charge in [-0.15, -0.1) is 11.3 Å². The first-order chi connectivity index (χ1) is 16.9. The molecule has 2 aromatic heterocycles. The number of aryl methyl sites for hydroxylation is 1. The van der Waals surface area contributed by atoms with Crippen LogP contribution in [0.25, 0.3) is 32.6 Å². The minimum absolute atomic E-state index is 0.249. The van der Waals surface area contributed by atoms with Crippen LogP contribution in [-0.4, -0.2) is 10.9 Å². The third-order valence-electron chi connectivity index (χ3n) is 5.85. The van der Waals surface area contributed by atoms with Crippen molar-refractivity contribution >= 4 is 62.0 Å². The Morgan fingerprint density at radius 1 is 0.943 bits per heavy atom. The van der Waals surface area contributed by atoms with E-state index in [0.717, 1.165) is 45.4 Å². The van der Waals surface area contributed by atoms with Gasteiger partial charge in [-0.1, -0.05) is 72.6 Å². The molecule has 0 saturated heterocycles. The van der Waals surface area contributed by atoms with Gasteiger partial charge >= 0.3 is 0 Å². The van der Waals surface area contributed by atoms with Crippen molar-refractivity contribution in [2.45, 2.75) is 13.3 Å². The van der Waals surface area contributed by atoms with Crippen molar-refractivity contribution in [3.05, 3.63) is 99.3 Å². The number of carbonyl (C=O) groups is 1. The normalized spacial score (nSPS) is 11.1. The van der Waals surface area contributed by atoms with E-state index in [1.54, 1.807) is 0 Å². The molecule has 35 heavy (non-hydrogen) atoms. The number of thiophene rings is 1. The highest BCUT2D eigenvalue weighted by Crippen LogP contribution is 2.42. The average molecular weight is 518 g/mol. The highest BCUT2D eigenvalue weighted by atomic mass is 35.5. The fourth-order valence-corrected chi connectivity index (χ4v) is 5.31. The molecule has 2 heterocycles. The molecule has 5 rings (SSSR count). The molecular weight excluding hydrogens is 497 g/mol. The van der Waals surface area contributed by atoms with Gasteiger partial charge in [-0.3, -0.25) is 4.79 Å². The summed E-state index contributed by atoms with van der Waals surface area (Å²) in [6.45, 7) is 2.05. The van der Waals surface area contributed by atoms with Crippen LogP contribution in [0, 0.1) is 0 Å². The first-order valence-electron chi connectivity index (χ1n) is 11.1. The quantitative estimate of drug-likeness (QED) is 0.246. The average Bonchev–Trinajstić information content (AvgIpc) is 3.21. The van der Waals surface area contributed by atoms with Gasteiger partial charge in [-0.05, 0) is 59.5 Å². The number of nitrogens with one attached hydrogen (secondary N) is 1. The highest BCUT2D eigenvalue weighted by molar-refractivity contribution is 7.21. The molecule has 4 nitrogen and oxygen atoms in total. The Labute approximate surface area is 217 Å². The van der Waals surface area contributed by atoms with Crippen LogP contribution in [-0.2, 0) is 6.42 Å². The Morgan fingerprint density at radius 2 is 1.57 bits per heavy atom. The Bertz CT molecular complexity index is 1540. The lowest BCUT2D eigenvalue weighted by Crippen LogP contribution is -2.13. The molecule has 0 bridgehead atoms. The van der Waals surface area contributed by atoms with Crippen LogP contribution in [0.3, 0.4) is 0 Å². The molecule has 1 amide bonds. The monoisotopic (exact) mass is 517 g/mol. The topological polar surface area (TPSA) is 68.0 Å². The molecule has 0 aliphatic carbocycles. The van der Waals surface area contributed by atoms with E-state index in [0.29, 0.717) is 25.4 Å². The third kappa shape index (κ3) is 4.63. The number of fused-ring (bicyclic) bond motifs is 1. The molecule has 0 spiro atoms. The Morgan fingerprint density at radius 3 is 2.23 bits per heavy atom. The number of para-hydroxylation sites is 1. The zero-order chi connectivity index (χ0) is 24.5. The number of amides is 1. The second-order valence-electron chi connectivity index (χ2n) is 8.06. The zero-order valence-electron chi connectivity index (χ0n) is 18.8. The molecule has 0 aliphatic rings. The lowest BCUT2D eigenvalue weighted by Gasteiger charge is -2.10. The summed E-state index contributed by atoms with van der Waals surface area (Å²) >= 11 is 13.5. The molecule has 3 aromatic carbocycles. The van der Waals surface area contributed by atoms with Crippen LogP contribution in [0.4, 0.5) is 11.4 Å². The van der Waals surface area contributed by atoms with E-state index >= 15 is 0 Å². The standard InChI is InChI=1S/C28H21Cl2N3OS/c1-2-16-5-3-4-6-22(16)32-27(34)26-25(31)24-21(17-7-11-19(29)12-8-17)15-23(33-28(24)35-26)18-9-13-20(30)14-10-18/h3-15H,2,31H2,1H3,(H,32,34). The number of anilines is 2. The van der Waals surface area contributed by atoms with Gasteiger partial charge in [0.25, 0.3) is 5.91 Å². The molecule has 0 atom stereocenters. The minimum Gasteiger partial charge on any atom is -0.397 e. The van der Waals surface area contributed by atoms with Gasteiger partial charge in [0.05, 0.1) is 11.4 Å². The number of benzene rings is 3. The van der Waals surface area contributed by atoms with Crippen LogP contribution in [0.2, 0.25) is 10.0 Å². The number of pyridine rings is 1. The fourth-order valence-electron chi connectivity index (χ4n) is 4.04. The first kappa shape index (κ1) is 23.4. The maximum atomic E-state index is 13.3. The van der Waals surface area contributed by atoms with Crippen LogP contribution in [0.15, 0.2) is 78.9 Å². The molecule has 0 unspecified atom stereocenters. The number of aromatic nitrogens is 1. The molecule has 5 aromatic rings. The molecule has 0 radical (unpaired) electrons. The van der Waals surface area contributed by atoms with Gasteiger partial charge in [0, 0.05) is 26.7 Å². The number of nitrogen functional groups attached to an aromatic ring is 1. The predicted molar refractivity (Wildman–Crippen MR) is 149 cm³/mol. The van der Waals surface area contributed by atoms with E-state index in [9.17, 15) is 4.79 Å². The summed E-state index contributed by atoms with van der Waals surface area (Å²) in [5, 5.41) is 5.08. The molecular formula is C28H21Cl2N3OS. The van der Waals surface area contributed by atoms with Crippen LogP contribution < -0.4 is 11.1 Å². The van der Waals surface area contributed by atoms with E-state index in [-0.39, 0.29) is 5.91 Å². The van der Waals surface area contributed by atoms with E-state index in [4.69, 9.17) is 33.9 Å². The summed E-state index contributed by atoms with van der Waals surface area (Å²) in [5.74, 6) is -0.249. The van der Waals surface area contributed by atoms with Crippen LogP contribution in [0.1, 0.15) is 22.2 Å². The number of hydrogen-bond donors (Lipinski definition) is 2. The van der Waals surface area contributed by atoms with Crippen molar-refractivity contribution in [2.24, 2.45) is 0 Å². The molecule has 0 fully saturated rings. The number of rotatable bonds is 5. The second-order valence-corrected chi connectivity index (χ2v) is 9.93. The number of hydrogen-bond acceptors (Lipinski definition) is 4. The van der Waals surface area contributed by atoms with Crippen molar-refractivity contribution in [1.29, 1.82) is 0 Å². The lowest BCUT2D eigenvalue weighted by molar-refractivity contribution is 0.103. The molecule has 174 valence electrons. The third-order valence-corrected chi connectivity index (χ3v) is 7.45. The molecule has 0 aliphatic heterocycles. The summed E-state index contributed by atoms with van der Waals surface area (Å²) in [5.41, 5.74) is 12.4. The summed E-state index contributed by atoms with van der Waals surface area (Å²) in [4.78, 5) is 19.3. The Balaban J connectivity index is 1.67. The fraction of sp³-hybridized carbons (Fsp3) is 0.0714. The van der Waals surface area contributed by atoms with E-state index in [1.807, 2.05) is 78.9 Å². The number of carbonyl (C=O) groups excluding carboxylic acids is 1. The summed E-state index contributed by atoms with van der Waals surface area (Å²) in [7, 11) is 0. The van der Waals surface area contributed by atoms with E-state index in [2.05, 4.69) is 12.2 Å². The van der Waals surface area contributed by atoms with Crippen molar-refractivity contribution in [2.75, 3.05) is 11.1 Å². The van der Waals surface area contributed by atoms with Gasteiger partial charge in [0.1, 0.15) is 9.71 Å². The van der Waals surface area contributed by atoms with Crippen LogP contribution >= 0.6 is 34.5 Å². The number of nitrogens with two attached hydrogens (primary N) is 1. The van der Waals surface area contributed by atoms with Gasteiger partial charge in [-0.2, -0.15) is 0 Å². The maximum absolute atomic E-state index is 13.3. The van der Waals surface area contributed by atoms with Crippen LogP contribution in [0.5, 0.6) is 0 Å². The SMILES string of the molecule is CCc1ccccc1NC(=O)c1sc2nc(-c3ccc(Cl)cc3)cc(-c3ccc(Cl)cc3)c2c1N. The Hall–Kier alpha value is -3.38. The number of halogens is 2. The van der Waals surface area contributed by atoms with E-state index in [1.165, 1.54) is 11.3 Å². The highest BCUT2D eigenvalue weighted by Gasteiger charge is 2.22. The maximum Gasteiger partial charge on any atom is 0.267 e. The first-order valence-corrected chi connectivity index (χ1v) is 12.7. The van der Waals surface area contributed by atoms with Crippen molar-refractivity contribution < 1.29 is 4.79 Å². The van der Waals surface area contributed by atoms with Crippen molar-refractivity contribution in [3.63, 3.8) is 0 Å². The summed E-state index contributed by atoms with van der Waals surface area (Å²) in [6.07, 6.45) is 0.811. The van der Waals surface area contributed by atoms with Crippen molar-refractivity contribution in [1.82, 2.24) is 4.98 Å². The van der Waals surface area contributed by atoms with Gasteiger partial charge in [-0.25, -0.2) is 4.98 Å². The zero-order valence-corrected chi connectivity index (χ0v) is 21.1.